The Morgan fingerprint density at radius 1 is 1.39 bits per heavy atom. The summed E-state index contributed by atoms with van der Waals surface area (Å²) < 4.78 is 11.8. The Labute approximate surface area is 109 Å². The lowest BCUT2D eigenvalue weighted by molar-refractivity contribution is 0.131. The fourth-order valence-electron chi connectivity index (χ4n) is 2.08. The SMILES string of the molecule is CC(C)C(N)COc1cccc2c1OC(C)(C)C2. The molecule has 3 heteroatoms. The first-order chi connectivity index (χ1) is 8.39. The maximum absolute atomic E-state index is 6.00. The first-order valence-electron chi connectivity index (χ1n) is 6.58. The van der Waals surface area contributed by atoms with Crippen molar-refractivity contribution in [1.29, 1.82) is 0 Å². The summed E-state index contributed by atoms with van der Waals surface area (Å²) in [5.41, 5.74) is 7.08. The summed E-state index contributed by atoms with van der Waals surface area (Å²) in [7, 11) is 0. The Hall–Kier alpha value is -1.22. The van der Waals surface area contributed by atoms with Crippen molar-refractivity contribution >= 4 is 0 Å². The van der Waals surface area contributed by atoms with E-state index in [4.69, 9.17) is 15.2 Å². The highest BCUT2D eigenvalue weighted by Crippen LogP contribution is 2.41. The van der Waals surface area contributed by atoms with Gasteiger partial charge in [0.25, 0.3) is 0 Å². The molecule has 0 radical (unpaired) electrons. The molecule has 18 heavy (non-hydrogen) atoms. The molecule has 3 nitrogen and oxygen atoms in total. The van der Waals surface area contributed by atoms with Crippen LogP contribution in [-0.4, -0.2) is 18.2 Å². The van der Waals surface area contributed by atoms with Crippen LogP contribution in [0.5, 0.6) is 11.5 Å². The fraction of sp³-hybridized carbons (Fsp3) is 0.600. The summed E-state index contributed by atoms with van der Waals surface area (Å²) in [4.78, 5) is 0. The largest absolute Gasteiger partial charge is 0.488 e. The van der Waals surface area contributed by atoms with Gasteiger partial charge in [-0.05, 0) is 25.8 Å². The third kappa shape index (κ3) is 2.78. The van der Waals surface area contributed by atoms with Crippen molar-refractivity contribution in [2.24, 2.45) is 11.7 Å². The van der Waals surface area contributed by atoms with Crippen molar-refractivity contribution in [3.63, 3.8) is 0 Å². The molecule has 1 aliphatic rings. The number of fused-ring (bicyclic) bond motifs is 1. The number of rotatable bonds is 4. The molecule has 0 spiro atoms. The van der Waals surface area contributed by atoms with Crippen molar-refractivity contribution in [2.75, 3.05) is 6.61 Å². The zero-order valence-electron chi connectivity index (χ0n) is 11.7. The number of benzene rings is 1. The van der Waals surface area contributed by atoms with Gasteiger partial charge >= 0.3 is 0 Å². The van der Waals surface area contributed by atoms with Gasteiger partial charge in [0.15, 0.2) is 11.5 Å². The monoisotopic (exact) mass is 249 g/mol. The molecule has 1 aromatic carbocycles. The molecule has 100 valence electrons. The van der Waals surface area contributed by atoms with Crippen molar-refractivity contribution in [1.82, 2.24) is 0 Å². The zero-order chi connectivity index (χ0) is 13.3. The van der Waals surface area contributed by atoms with Crippen LogP contribution in [0.15, 0.2) is 18.2 Å². The normalized spacial score (nSPS) is 18.3. The highest BCUT2D eigenvalue weighted by Gasteiger charge is 2.32. The second-order valence-corrected chi connectivity index (χ2v) is 6.00. The van der Waals surface area contributed by atoms with Gasteiger partial charge in [-0.3, -0.25) is 0 Å². The Morgan fingerprint density at radius 2 is 2.11 bits per heavy atom. The Kier molecular flexibility index (Phi) is 3.53. The Bertz CT molecular complexity index is 427. The van der Waals surface area contributed by atoms with Gasteiger partial charge in [0.05, 0.1) is 0 Å². The van der Waals surface area contributed by atoms with E-state index in [1.807, 2.05) is 12.1 Å². The average molecular weight is 249 g/mol. The van der Waals surface area contributed by atoms with Gasteiger partial charge in [-0.25, -0.2) is 0 Å². The minimum Gasteiger partial charge on any atom is -0.488 e. The molecule has 2 rings (SSSR count). The fourth-order valence-corrected chi connectivity index (χ4v) is 2.08. The predicted molar refractivity (Wildman–Crippen MR) is 73.2 cm³/mol. The average Bonchev–Trinajstić information content (AvgIpc) is 2.59. The molecule has 1 unspecified atom stereocenters. The molecular formula is C15H23NO2. The van der Waals surface area contributed by atoms with Crippen molar-refractivity contribution in [2.45, 2.75) is 45.8 Å². The van der Waals surface area contributed by atoms with Gasteiger partial charge in [-0.2, -0.15) is 0 Å². The lowest BCUT2D eigenvalue weighted by atomic mass is 10.0. The number of hydrogen-bond donors (Lipinski definition) is 1. The molecular weight excluding hydrogens is 226 g/mol. The summed E-state index contributed by atoms with van der Waals surface area (Å²) >= 11 is 0. The molecule has 0 aliphatic carbocycles. The number of para-hydroxylation sites is 1. The van der Waals surface area contributed by atoms with Crippen LogP contribution < -0.4 is 15.2 Å². The molecule has 0 saturated heterocycles. The molecule has 0 saturated carbocycles. The van der Waals surface area contributed by atoms with Gasteiger partial charge in [0.1, 0.15) is 12.2 Å². The smallest absolute Gasteiger partial charge is 0.165 e. The first kappa shape index (κ1) is 13.2. The lowest BCUT2D eigenvalue weighted by Gasteiger charge is -2.20. The van der Waals surface area contributed by atoms with Gasteiger partial charge in [-0.15, -0.1) is 0 Å². The maximum Gasteiger partial charge on any atom is 0.165 e. The van der Waals surface area contributed by atoms with Crippen molar-refractivity contribution in [3.8, 4) is 11.5 Å². The Balaban J connectivity index is 2.10. The van der Waals surface area contributed by atoms with Gasteiger partial charge in [0.2, 0.25) is 0 Å². The molecule has 1 atom stereocenters. The summed E-state index contributed by atoms with van der Waals surface area (Å²) in [6.45, 7) is 8.91. The van der Waals surface area contributed by atoms with E-state index in [2.05, 4.69) is 33.8 Å². The molecule has 0 bridgehead atoms. The molecule has 1 heterocycles. The Morgan fingerprint density at radius 3 is 2.78 bits per heavy atom. The molecule has 0 fully saturated rings. The van der Waals surface area contributed by atoms with Gasteiger partial charge < -0.3 is 15.2 Å². The van der Waals surface area contributed by atoms with Gasteiger partial charge in [-0.1, -0.05) is 26.0 Å². The van der Waals surface area contributed by atoms with Crippen LogP contribution in [0.1, 0.15) is 33.3 Å². The molecule has 2 N–H and O–H groups in total. The standard InChI is InChI=1S/C15H23NO2/c1-10(2)12(16)9-17-13-7-5-6-11-8-15(3,4)18-14(11)13/h5-7,10,12H,8-9,16H2,1-4H3. The van der Waals surface area contributed by atoms with Gasteiger partial charge in [0, 0.05) is 18.0 Å². The highest BCUT2D eigenvalue weighted by atomic mass is 16.5. The van der Waals surface area contributed by atoms with E-state index in [1.165, 1.54) is 5.56 Å². The second-order valence-electron chi connectivity index (χ2n) is 6.00. The van der Waals surface area contributed by atoms with E-state index < -0.39 is 0 Å². The third-order valence-electron chi connectivity index (χ3n) is 3.34. The maximum atomic E-state index is 6.00. The van der Waals surface area contributed by atoms with Crippen LogP contribution in [0.4, 0.5) is 0 Å². The highest BCUT2D eigenvalue weighted by molar-refractivity contribution is 5.50. The van der Waals surface area contributed by atoms with E-state index >= 15 is 0 Å². The van der Waals surface area contributed by atoms with E-state index in [0.717, 1.165) is 17.9 Å². The molecule has 1 aromatic rings. The van der Waals surface area contributed by atoms with Crippen LogP contribution >= 0.6 is 0 Å². The summed E-state index contributed by atoms with van der Waals surface area (Å²) in [6, 6.07) is 6.11. The van der Waals surface area contributed by atoms with E-state index in [1.54, 1.807) is 0 Å². The van der Waals surface area contributed by atoms with Crippen LogP contribution in [0.3, 0.4) is 0 Å². The molecule has 0 amide bonds. The minimum atomic E-state index is -0.137. The van der Waals surface area contributed by atoms with E-state index in [9.17, 15) is 0 Å². The second kappa shape index (κ2) is 4.81. The topological polar surface area (TPSA) is 44.5 Å². The van der Waals surface area contributed by atoms with E-state index in [0.29, 0.717) is 12.5 Å². The minimum absolute atomic E-state index is 0.0512. The van der Waals surface area contributed by atoms with Crippen molar-refractivity contribution in [3.05, 3.63) is 23.8 Å². The number of ether oxygens (including phenoxy) is 2. The lowest BCUT2D eigenvalue weighted by Crippen LogP contribution is -2.33. The predicted octanol–water partition coefficient (Wildman–Crippen LogP) is 2.76. The molecule has 1 aliphatic heterocycles. The summed E-state index contributed by atoms with van der Waals surface area (Å²) in [5.74, 6) is 2.12. The van der Waals surface area contributed by atoms with Crippen molar-refractivity contribution < 1.29 is 9.47 Å². The number of nitrogens with two attached hydrogens (primary N) is 1. The quantitative estimate of drug-likeness (QED) is 0.892. The van der Waals surface area contributed by atoms with Crippen LogP contribution in [0, 0.1) is 5.92 Å². The zero-order valence-corrected chi connectivity index (χ0v) is 11.7. The third-order valence-corrected chi connectivity index (χ3v) is 3.34. The first-order valence-corrected chi connectivity index (χ1v) is 6.58. The van der Waals surface area contributed by atoms with Crippen LogP contribution in [0.2, 0.25) is 0 Å². The molecule has 0 aromatic heterocycles. The number of hydrogen-bond acceptors (Lipinski definition) is 3. The van der Waals surface area contributed by atoms with Crippen LogP contribution in [-0.2, 0) is 6.42 Å². The summed E-state index contributed by atoms with van der Waals surface area (Å²) in [5, 5.41) is 0. The van der Waals surface area contributed by atoms with Crippen LogP contribution in [0.25, 0.3) is 0 Å². The van der Waals surface area contributed by atoms with E-state index in [-0.39, 0.29) is 11.6 Å². The summed E-state index contributed by atoms with van der Waals surface area (Å²) in [6.07, 6.45) is 0.926.